The summed E-state index contributed by atoms with van der Waals surface area (Å²) in [6, 6.07) is 0. The molecule has 0 bridgehead atoms. The molecule has 0 aromatic rings. The van der Waals surface area contributed by atoms with E-state index in [1.54, 1.807) is 0 Å². The number of carbonyl (C=O) groups excluding carboxylic acids is 1. The Kier molecular flexibility index (Phi) is 6.30. The first-order chi connectivity index (χ1) is 5.22. The van der Waals surface area contributed by atoms with Crippen molar-refractivity contribution in [1.82, 2.24) is 5.32 Å². The van der Waals surface area contributed by atoms with Gasteiger partial charge in [0.15, 0.2) is 0 Å². The molecule has 0 aliphatic rings. The molecular formula is C6H14N2O2S. The van der Waals surface area contributed by atoms with Gasteiger partial charge in [0.25, 0.3) is 0 Å². The van der Waals surface area contributed by atoms with Crippen LogP contribution in [-0.4, -0.2) is 29.5 Å². The maximum Gasteiger partial charge on any atom is 0.249 e. The molecule has 0 heterocycles. The van der Waals surface area contributed by atoms with Crippen LogP contribution in [0.3, 0.4) is 0 Å². The Morgan fingerprint density at radius 2 is 2.36 bits per heavy atom. The summed E-state index contributed by atoms with van der Waals surface area (Å²) >= 11 is 3.78. The second-order valence-electron chi connectivity index (χ2n) is 2.15. The molecule has 0 spiro atoms. The third-order valence-electron chi connectivity index (χ3n) is 1.24. The number of nitrogens with one attached hydrogen (secondary N) is 1. The van der Waals surface area contributed by atoms with Crippen molar-refractivity contribution >= 4 is 18.5 Å². The predicted octanol–water partition coefficient (Wildman–Crippen LogP) is -0.910. The molecule has 4 nitrogen and oxygen atoms in total. The molecule has 4 N–H and O–H groups in total. The van der Waals surface area contributed by atoms with E-state index in [-0.39, 0.29) is 11.8 Å². The highest BCUT2D eigenvalue weighted by atomic mass is 32.1. The Bertz CT molecular complexity index is 121. The molecule has 0 aromatic heterocycles. The summed E-state index contributed by atoms with van der Waals surface area (Å²) in [5, 5.41) is 11.5. The minimum absolute atomic E-state index is 0.249. The van der Waals surface area contributed by atoms with Crippen LogP contribution in [0.2, 0.25) is 0 Å². The first-order valence-electron chi connectivity index (χ1n) is 3.49. The van der Waals surface area contributed by atoms with Crippen LogP contribution >= 0.6 is 12.6 Å². The SMILES string of the molecule is NCCCC(O)C(=O)NCS. The Morgan fingerprint density at radius 1 is 1.73 bits per heavy atom. The molecule has 0 fully saturated rings. The number of hydrogen-bond acceptors (Lipinski definition) is 4. The molecule has 1 unspecified atom stereocenters. The largest absolute Gasteiger partial charge is 0.383 e. The molecule has 11 heavy (non-hydrogen) atoms. The summed E-state index contributed by atoms with van der Waals surface area (Å²) in [5.41, 5.74) is 5.19. The van der Waals surface area contributed by atoms with Crippen LogP contribution in [0.1, 0.15) is 12.8 Å². The minimum atomic E-state index is -0.939. The van der Waals surface area contributed by atoms with Crippen LogP contribution in [-0.2, 0) is 4.79 Å². The summed E-state index contributed by atoms with van der Waals surface area (Å²) in [6.45, 7) is 0.491. The molecule has 0 radical (unpaired) electrons. The standard InChI is InChI=1S/C6H14N2O2S/c7-3-1-2-5(9)6(10)8-4-11/h5,9,11H,1-4,7H2,(H,8,10). The number of thiol groups is 1. The fraction of sp³-hybridized carbons (Fsp3) is 0.833. The van der Waals surface area contributed by atoms with Crippen molar-refractivity contribution in [1.29, 1.82) is 0 Å². The predicted molar refractivity (Wildman–Crippen MR) is 46.3 cm³/mol. The van der Waals surface area contributed by atoms with Gasteiger partial charge in [-0.05, 0) is 19.4 Å². The van der Waals surface area contributed by atoms with Crippen LogP contribution in [0.5, 0.6) is 0 Å². The van der Waals surface area contributed by atoms with Gasteiger partial charge in [-0.25, -0.2) is 0 Å². The summed E-state index contributed by atoms with van der Waals surface area (Å²) < 4.78 is 0. The lowest BCUT2D eigenvalue weighted by Crippen LogP contribution is -2.33. The van der Waals surface area contributed by atoms with Gasteiger partial charge in [0, 0.05) is 0 Å². The van der Waals surface area contributed by atoms with Gasteiger partial charge < -0.3 is 16.2 Å². The highest BCUT2D eigenvalue weighted by Crippen LogP contribution is 1.94. The van der Waals surface area contributed by atoms with Crippen LogP contribution < -0.4 is 11.1 Å². The number of aliphatic hydroxyl groups is 1. The van der Waals surface area contributed by atoms with E-state index in [2.05, 4.69) is 17.9 Å². The number of amides is 1. The second-order valence-corrected chi connectivity index (χ2v) is 2.46. The zero-order valence-corrected chi connectivity index (χ0v) is 7.18. The maximum absolute atomic E-state index is 10.8. The van der Waals surface area contributed by atoms with Gasteiger partial charge in [0.05, 0.1) is 5.88 Å². The van der Waals surface area contributed by atoms with E-state index in [9.17, 15) is 4.79 Å². The zero-order chi connectivity index (χ0) is 8.69. The van der Waals surface area contributed by atoms with E-state index in [0.29, 0.717) is 19.4 Å². The Balaban J connectivity index is 3.46. The Labute approximate surface area is 71.6 Å². The lowest BCUT2D eigenvalue weighted by molar-refractivity contribution is -0.129. The average molecular weight is 178 g/mol. The van der Waals surface area contributed by atoms with Gasteiger partial charge in [-0.1, -0.05) is 0 Å². The van der Waals surface area contributed by atoms with Gasteiger partial charge in [-0.15, -0.1) is 0 Å². The topological polar surface area (TPSA) is 75.3 Å². The molecule has 1 atom stereocenters. The van der Waals surface area contributed by atoms with Gasteiger partial charge in [0.1, 0.15) is 6.10 Å². The van der Waals surface area contributed by atoms with Gasteiger partial charge in [0.2, 0.25) is 5.91 Å². The van der Waals surface area contributed by atoms with Gasteiger partial charge in [-0.2, -0.15) is 12.6 Å². The van der Waals surface area contributed by atoms with E-state index in [4.69, 9.17) is 10.8 Å². The van der Waals surface area contributed by atoms with E-state index >= 15 is 0 Å². The van der Waals surface area contributed by atoms with E-state index in [1.807, 2.05) is 0 Å². The summed E-state index contributed by atoms with van der Waals surface area (Å²) in [5.74, 6) is -0.133. The van der Waals surface area contributed by atoms with Crippen LogP contribution in [0.4, 0.5) is 0 Å². The second kappa shape index (κ2) is 6.45. The fourth-order valence-electron chi connectivity index (χ4n) is 0.638. The van der Waals surface area contributed by atoms with Crippen molar-refractivity contribution in [3.05, 3.63) is 0 Å². The van der Waals surface area contributed by atoms with E-state index in [1.165, 1.54) is 0 Å². The lowest BCUT2D eigenvalue weighted by atomic mass is 10.2. The van der Waals surface area contributed by atoms with E-state index < -0.39 is 6.10 Å². The number of hydrogen-bond donors (Lipinski definition) is 4. The molecule has 1 amide bonds. The maximum atomic E-state index is 10.8. The van der Waals surface area contributed by atoms with Crippen molar-refractivity contribution in [2.45, 2.75) is 18.9 Å². The van der Waals surface area contributed by atoms with E-state index in [0.717, 1.165) is 0 Å². The smallest absolute Gasteiger partial charge is 0.249 e. The molecule has 5 heteroatoms. The van der Waals surface area contributed by atoms with Crippen molar-refractivity contribution in [3.63, 3.8) is 0 Å². The molecule has 0 saturated heterocycles. The molecule has 66 valence electrons. The minimum Gasteiger partial charge on any atom is -0.383 e. The molecule has 0 aromatic carbocycles. The first-order valence-corrected chi connectivity index (χ1v) is 4.12. The van der Waals surface area contributed by atoms with Crippen molar-refractivity contribution in [2.75, 3.05) is 12.4 Å². The third-order valence-corrected chi connectivity index (χ3v) is 1.40. The van der Waals surface area contributed by atoms with Crippen molar-refractivity contribution in [3.8, 4) is 0 Å². The lowest BCUT2D eigenvalue weighted by Gasteiger charge is -2.08. The number of aliphatic hydroxyl groups excluding tert-OH is 1. The summed E-state index contributed by atoms with van der Waals surface area (Å²) in [7, 11) is 0. The monoisotopic (exact) mass is 178 g/mol. The molecule has 0 aliphatic carbocycles. The van der Waals surface area contributed by atoms with Crippen molar-refractivity contribution in [2.24, 2.45) is 5.73 Å². The van der Waals surface area contributed by atoms with Crippen molar-refractivity contribution < 1.29 is 9.90 Å². The van der Waals surface area contributed by atoms with Crippen LogP contribution in [0.15, 0.2) is 0 Å². The number of carbonyl (C=O) groups is 1. The zero-order valence-electron chi connectivity index (χ0n) is 6.29. The Hall–Kier alpha value is -0.260. The van der Waals surface area contributed by atoms with Crippen LogP contribution in [0, 0.1) is 0 Å². The Morgan fingerprint density at radius 3 is 2.82 bits per heavy atom. The number of rotatable bonds is 5. The molecule has 0 saturated carbocycles. The third kappa shape index (κ3) is 5.06. The molecule has 0 aliphatic heterocycles. The fourth-order valence-corrected chi connectivity index (χ4v) is 0.794. The number of nitrogens with two attached hydrogens (primary N) is 1. The highest BCUT2D eigenvalue weighted by Gasteiger charge is 2.12. The summed E-state index contributed by atoms with van der Waals surface area (Å²) in [6.07, 6.45) is 0.128. The normalized spacial score (nSPS) is 12.6. The van der Waals surface area contributed by atoms with Gasteiger partial charge >= 0.3 is 0 Å². The van der Waals surface area contributed by atoms with Gasteiger partial charge in [-0.3, -0.25) is 4.79 Å². The highest BCUT2D eigenvalue weighted by molar-refractivity contribution is 7.80. The summed E-state index contributed by atoms with van der Waals surface area (Å²) in [4.78, 5) is 10.8. The molecular weight excluding hydrogens is 164 g/mol. The molecule has 0 rings (SSSR count). The van der Waals surface area contributed by atoms with Crippen LogP contribution in [0.25, 0.3) is 0 Å². The first kappa shape index (κ1) is 10.7. The average Bonchev–Trinajstić information content (AvgIpc) is 2.00. The quantitative estimate of drug-likeness (QED) is 0.325.